The van der Waals surface area contributed by atoms with Crippen LogP contribution in [0.1, 0.15) is 16.7 Å². The van der Waals surface area contributed by atoms with Gasteiger partial charge in [0, 0.05) is 82.5 Å². The molecule has 1 aromatic heterocycles. The third-order valence-electron chi connectivity index (χ3n) is 6.94. The van der Waals surface area contributed by atoms with E-state index in [1.165, 1.54) is 5.69 Å². The quantitative estimate of drug-likeness (QED) is 0.0548. The number of aromatic nitrogens is 1. The molecule has 0 aliphatic rings. The Hall–Kier alpha value is -4.54. The number of pyridine rings is 1. The second kappa shape index (κ2) is 21.4. The summed E-state index contributed by atoms with van der Waals surface area (Å²) < 4.78 is 1.87. The Balaban J connectivity index is 1.22. The number of amides is 2. The Morgan fingerprint density at radius 1 is 0.750 bits per heavy atom. The molecule has 3 rings (SSSR count). The summed E-state index contributed by atoms with van der Waals surface area (Å²) in [5, 5.41) is 5.85. The minimum atomic E-state index is -0.120. The van der Waals surface area contributed by atoms with Gasteiger partial charge in [-0.25, -0.2) is 0 Å². The van der Waals surface area contributed by atoms with Gasteiger partial charge in [0.05, 0.1) is 0 Å². The molecule has 10 heteroatoms. The molecule has 0 fully saturated rings. The van der Waals surface area contributed by atoms with Gasteiger partial charge >= 0.3 is 0 Å². The molecule has 3 aromatic rings. The van der Waals surface area contributed by atoms with Gasteiger partial charge in [-0.1, -0.05) is 82.8 Å². The van der Waals surface area contributed by atoms with Gasteiger partial charge in [-0.3, -0.25) is 14.6 Å². The van der Waals surface area contributed by atoms with Crippen molar-refractivity contribution in [1.29, 1.82) is 0 Å². The van der Waals surface area contributed by atoms with Crippen LogP contribution in [0.3, 0.4) is 0 Å². The molecule has 0 spiro atoms. The monoisotopic (exact) mass is 683 g/mol. The lowest BCUT2D eigenvalue weighted by Gasteiger charge is -2.11. The van der Waals surface area contributed by atoms with Gasteiger partial charge in [0.2, 0.25) is 12.5 Å². The van der Waals surface area contributed by atoms with Gasteiger partial charge in [-0.05, 0) is 52.6 Å². The molecule has 0 aliphatic heterocycles. The Morgan fingerprint density at radius 3 is 1.77 bits per heavy atom. The van der Waals surface area contributed by atoms with Crippen molar-refractivity contribution in [3.63, 3.8) is 0 Å². The molecule has 0 atom stereocenters. The van der Waals surface area contributed by atoms with E-state index in [0.717, 1.165) is 39.5 Å². The first-order chi connectivity index (χ1) is 23.2. The number of anilines is 2. The molecular formula is C38H47N6O2S2+. The Kier molecular flexibility index (Phi) is 16.9. The lowest BCUT2D eigenvalue weighted by atomic mass is 10.1. The van der Waals surface area contributed by atoms with Crippen molar-refractivity contribution in [2.75, 3.05) is 69.1 Å². The lowest BCUT2D eigenvalue weighted by molar-refractivity contribution is -0.684. The number of rotatable bonds is 19. The van der Waals surface area contributed by atoms with Gasteiger partial charge in [0.25, 0.3) is 5.91 Å². The van der Waals surface area contributed by atoms with Gasteiger partial charge in [0.1, 0.15) is 6.54 Å². The van der Waals surface area contributed by atoms with Crippen LogP contribution >= 0.6 is 21.6 Å². The number of benzene rings is 2. The molecule has 2 N–H and O–H groups in total. The van der Waals surface area contributed by atoms with Crippen LogP contribution in [0, 0.1) is 0 Å². The van der Waals surface area contributed by atoms with Crippen LogP contribution in [0.4, 0.5) is 11.4 Å². The number of hydrogen-bond acceptors (Lipinski definition) is 7. The maximum absolute atomic E-state index is 12.3. The van der Waals surface area contributed by atoms with Crippen LogP contribution in [-0.2, 0) is 16.1 Å². The fourth-order valence-corrected chi connectivity index (χ4v) is 5.98. The van der Waals surface area contributed by atoms with E-state index in [1.54, 1.807) is 33.9 Å². The number of allylic oxidation sites excluding steroid dienone is 4. The molecule has 2 amide bonds. The summed E-state index contributed by atoms with van der Waals surface area (Å²) in [5.74, 6) is 1.41. The van der Waals surface area contributed by atoms with Gasteiger partial charge in [0.15, 0.2) is 12.4 Å². The molecule has 252 valence electrons. The zero-order valence-corrected chi connectivity index (χ0v) is 30.0. The fourth-order valence-electron chi connectivity index (χ4n) is 4.16. The number of nitrogens with one attached hydrogen (secondary N) is 2. The zero-order chi connectivity index (χ0) is 34.6. The molecule has 48 heavy (non-hydrogen) atoms. The average molecular weight is 684 g/mol. The predicted octanol–water partition coefficient (Wildman–Crippen LogP) is 5.79. The second-order valence-electron chi connectivity index (χ2n) is 11.1. The van der Waals surface area contributed by atoms with Crippen molar-refractivity contribution in [2.45, 2.75) is 6.54 Å². The maximum atomic E-state index is 12.3. The second-order valence-corrected chi connectivity index (χ2v) is 13.8. The Labute approximate surface area is 293 Å². The van der Waals surface area contributed by atoms with Crippen molar-refractivity contribution in [3.05, 3.63) is 120 Å². The summed E-state index contributed by atoms with van der Waals surface area (Å²) in [6, 6.07) is 20.6. The van der Waals surface area contributed by atoms with E-state index in [9.17, 15) is 9.59 Å². The highest BCUT2D eigenvalue weighted by atomic mass is 33.1. The number of hydrogen-bond donors (Lipinski definition) is 2. The summed E-state index contributed by atoms with van der Waals surface area (Å²) in [5.41, 5.74) is 6.52. The average Bonchev–Trinajstić information content (AvgIpc) is 3.09. The number of carbonyl (C=O) groups is 2. The van der Waals surface area contributed by atoms with Crippen molar-refractivity contribution in [3.8, 4) is 0 Å². The molecule has 0 unspecified atom stereocenters. The summed E-state index contributed by atoms with van der Waals surface area (Å²) in [7, 11) is 11.4. The van der Waals surface area contributed by atoms with Crippen molar-refractivity contribution < 1.29 is 14.2 Å². The van der Waals surface area contributed by atoms with Crippen LogP contribution < -0.4 is 25.0 Å². The lowest BCUT2D eigenvalue weighted by Crippen LogP contribution is -2.42. The van der Waals surface area contributed by atoms with Crippen molar-refractivity contribution in [1.82, 2.24) is 10.6 Å². The van der Waals surface area contributed by atoms with E-state index < -0.39 is 0 Å². The first-order valence-electron chi connectivity index (χ1n) is 15.7. The van der Waals surface area contributed by atoms with Gasteiger partial charge < -0.3 is 20.4 Å². The maximum Gasteiger partial charge on any atom is 0.286 e. The highest BCUT2D eigenvalue weighted by Crippen LogP contribution is 2.19. The zero-order valence-electron chi connectivity index (χ0n) is 28.3. The predicted molar refractivity (Wildman–Crippen MR) is 209 cm³/mol. The standard InChI is InChI=1S/C38H46N6O2S2/c1-6-31(7-8-32-11-15-35(16-12-32)42(2)3)19-22-39-29-37(45)40-23-27-47-48-28-24-41-38(46)30-44-25-20-34(21-26-44)10-9-33-13-17-36(18-14-33)43(4)5/h6-22,25-26H,1,23-24,27-30H2,2-5H3,(H-,40,41,45,46)/p+1. The molecule has 0 bridgehead atoms. The Bertz CT molecular complexity index is 1560. The minimum absolute atomic E-state index is 0.0244. The van der Waals surface area contributed by atoms with E-state index in [2.05, 4.69) is 92.7 Å². The van der Waals surface area contributed by atoms with Crippen LogP contribution in [-0.4, -0.2) is 77.4 Å². The van der Waals surface area contributed by atoms with Crippen LogP contribution in [0.5, 0.6) is 0 Å². The fraction of sp³-hybridized carbons (Fsp3) is 0.263. The number of aliphatic imine (C=N–C) groups is 1. The summed E-state index contributed by atoms with van der Waals surface area (Å²) in [6.45, 7) is 5.35. The molecular weight excluding hydrogens is 637 g/mol. The Morgan fingerprint density at radius 2 is 1.25 bits per heavy atom. The third kappa shape index (κ3) is 14.9. The van der Waals surface area contributed by atoms with E-state index in [4.69, 9.17) is 0 Å². The van der Waals surface area contributed by atoms with Crippen molar-refractivity contribution >= 4 is 69.2 Å². The summed E-state index contributed by atoms with van der Waals surface area (Å²) in [4.78, 5) is 32.8. The van der Waals surface area contributed by atoms with E-state index in [0.29, 0.717) is 13.1 Å². The molecule has 1 heterocycles. The molecule has 0 radical (unpaired) electrons. The van der Waals surface area contributed by atoms with Crippen LogP contribution in [0.2, 0.25) is 0 Å². The summed E-state index contributed by atoms with van der Waals surface area (Å²) in [6.07, 6.45) is 17.2. The van der Waals surface area contributed by atoms with E-state index in [-0.39, 0.29) is 24.9 Å². The minimum Gasteiger partial charge on any atom is -0.378 e. The molecule has 0 aliphatic carbocycles. The smallest absolute Gasteiger partial charge is 0.286 e. The number of carbonyl (C=O) groups excluding carboxylic acids is 2. The molecule has 2 aromatic carbocycles. The van der Waals surface area contributed by atoms with Crippen LogP contribution in [0.15, 0.2) is 108 Å². The molecule has 8 nitrogen and oxygen atoms in total. The largest absolute Gasteiger partial charge is 0.378 e. The first-order valence-corrected chi connectivity index (χ1v) is 18.2. The van der Waals surface area contributed by atoms with E-state index >= 15 is 0 Å². The van der Waals surface area contributed by atoms with E-state index in [1.807, 2.05) is 75.5 Å². The van der Waals surface area contributed by atoms with Crippen molar-refractivity contribution in [2.24, 2.45) is 4.99 Å². The normalized spacial score (nSPS) is 11.7. The highest BCUT2D eigenvalue weighted by molar-refractivity contribution is 8.76. The first kappa shape index (κ1) is 37.9. The van der Waals surface area contributed by atoms with Crippen LogP contribution in [0.25, 0.3) is 18.2 Å². The SMILES string of the molecule is C=CC(C=Cc1ccc(N(C)C)cc1)=CC=NCC(=O)NCCSSCCNC(=O)C[n+]1ccc(C=Cc2ccc(N(C)C)cc2)cc1. The van der Waals surface area contributed by atoms with Gasteiger partial charge in [-0.2, -0.15) is 4.57 Å². The molecule has 0 saturated heterocycles. The number of nitrogens with zero attached hydrogens (tertiary/aromatic N) is 4. The topological polar surface area (TPSA) is 80.9 Å². The molecule has 0 saturated carbocycles. The highest BCUT2D eigenvalue weighted by Gasteiger charge is 2.08. The third-order valence-corrected chi connectivity index (χ3v) is 9.35. The summed E-state index contributed by atoms with van der Waals surface area (Å²) >= 11 is 0. The van der Waals surface area contributed by atoms with Gasteiger partial charge in [-0.15, -0.1) is 0 Å².